The van der Waals surface area contributed by atoms with Crippen LogP contribution in [0.25, 0.3) is 0 Å². The molecule has 2 fully saturated rings. The molecule has 0 bridgehead atoms. The Morgan fingerprint density at radius 3 is 2.57 bits per heavy atom. The molecule has 0 aromatic heterocycles. The van der Waals surface area contributed by atoms with Crippen molar-refractivity contribution in [3.8, 4) is 0 Å². The third-order valence-corrected chi connectivity index (χ3v) is 5.49. The van der Waals surface area contributed by atoms with Crippen molar-refractivity contribution in [2.24, 2.45) is 11.3 Å². The van der Waals surface area contributed by atoms with Crippen LogP contribution in [0.15, 0.2) is 28.7 Å². The van der Waals surface area contributed by atoms with Gasteiger partial charge in [0.2, 0.25) is 5.91 Å². The molecular formula is C17H20BrNO4. The lowest BCUT2D eigenvalue weighted by Crippen LogP contribution is -2.33. The van der Waals surface area contributed by atoms with E-state index in [-0.39, 0.29) is 23.7 Å². The molecule has 1 saturated carbocycles. The second-order valence-corrected chi connectivity index (χ2v) is 7.36. The zero-order chi connectivity index (χ0) is 16.4. The van der Waals surface area contributed by atoms with E-state index in [0.29, 0.717) is 0 Å². The number of halogens is 1. The number of carboxylic acids is 1. The highest BCUT2D eigenvalue weighted by atomic mass is 79.9. The van der Waals surface area contributed by atoms with E-state index in [0.717, 1.165) is 42.5 Å². The Morgan fingerprint density at radius 1 is 1.30 bits per heavy atom. The number of rotatable bonds is 5. The molecule has 1 aromatic carbocycles. The van der Waals surface area contributed by atoms with Crippen molar-refractivity contribution in [1.82, 2.24) is 5.32 Å². The normalized spacial score (nSPS) is 23.3. The maximum Gasteiger partial charge on any atom is 0.305 e. The minimum Gasteiger partial charge on any atom is -0.481 e. The predicted molar refractivity (Wildman–Crippen MR) is 87.9 cm³/mol. The van der Waals surface area contributed by atoms with Crippen LogP contribution in [0.1, 0.15) is 37.3 Å². The van der Waals surface area contributed by atoms with Gasteiger partial charge in [-0.15, -0.1) is 0 Å². The van der Waals surface area contributed by atoms with E-state index < -0.39 is 12.0 Å². The SMILES string of the molecule is O=C(O)C[C@H](NC(=O)[C@@H]1CC12CCOCC2)c1ccc(Br)cc1. The zero-order valence-corrected chi connectivity index (χ0v) is 14.3. The first-order valence-electron chi connectivity index (χ1n) is 7.85. The first kappa shape index (κ1) is 16.5. The number of ether oxygens (including phenoxy) is 1. The highest BCUT2D eigenvalue weighted by Gasteiger charge is 2.58. The molecule has 0 radical (unpaired) electrons. The third kappa shape index (κ3) is 3.75. The Morgan fingerprint density at radius 2 is 1.96 bits per heavy atom. The first-order chi connectivity index (χ1) is 11.0. The second kappa shape index (κ2) is 6.61. The molecule has 2 aliphatic rings. The van der Waals surface area contributed by atoms with Gasteiger partial charge in [0.1, 0.15) is 0 Å². The lowest BCUT2D eigenvalue weighted by molar-refractivity contribution is -0.137. The lowest BCUT2D eigenvalue weighted by Gasteiger charge is -2.23. The molecule has 0 unspecified atom stereocenters. The minimum atomic E-state index is -0.921. The van der Waals surface area contributed by atoms with Crippen molar-refractivity contribution in [2.45, 2.75) is 31.7 Å². The summed E-state index contributed by atoms with van der Waals surface area (Å²) in [6, 6.07) is 6.90. The number of carbonyl (C=O) groups excluding carboxylic acids is 1. The van der Waals surface area contributed by atoms with Gasteiger partial charge in [0.05, 0.1) is 12.5 Å². The minimum absolute atomic E-state index is 0.00172. The fourth-order valence-electron chi connectivity index (χ4n) is 3.44. The van der Waals surface area contributed by atoms with E-state index in [2.05, 4.69) is 21.2 Å². The molecular weight excluding hydrogens is 362 g/mol. The first-order valence-corrected chi connectivity index (χ1v) is 8.65. The maximum absolute atomic E-state index is 12.6. The van der Waals surface area contributed by atoms with Gasteiger partial charge in [-0.25, -0.2) is 0 Å². The summed E-state index contributed by atoms with van der Waals surface area (Å²) in [5.41, 5.74) is 0.904. The van der Waals surface area contributed by atoms with Crippen LogP contribution in [0, 0.1) is 11.3 Å². The van der Waals surface area contributed by atoms with Gasteiger partial charge in [-0.3, -0.25) is 9.59 Å². The summed E-state index contributed by atoms with van der Waals surface area (Å²) in [5, 5.41) is 12.1. The molecule has 3 rings (SSSR count). The third-order valence-electron chi connectivity index (χ3n) is 4.96. The van der Waals surface area contributed by atoms with E-state index in [1.165, 1.54) is 0 Å². The van der Waals surface area contributed by atoms with Crippen LogP contribution in [-0.4, -0.2) is 30.2 Å². The van der Waals surface area contributed by atoms with Gasteiger partial charge in [-0.05, 0) is 42.4 Å². The summed E-state index contributed by atoms with van der Waals surface area (Å²) in [6.45, 7) is 1.43. The van der Waals surface area contributed by atoms with E-state index in [1.807, 2.05) is 24.3 Å². The van der Waals surface area contributed by atoms with Crippen LogP contribution in [0.2, 0.25) is 0 Å². The monoisotopic (exact) mass is 381 g/mol. The van der Waals surface area contributed by atoms with Crippen molar-refractivity contribution < 1.29 is 19.4 Å². The molecule has 5 nitrogen and oxygen atoms in total. The van der Waals surface area contributed by atoms with Crippen molar-refractivity contribution in [3.05, 3.63) is 34.3 Å². The summed E-state index contributed by atoms with van der Waals surface area (Å²) in [5.74, 6) is -0.950. The maximum atomic E-state index is 12.6. The van der Waals surface area contributed by atoms with Crippen molar-refractivity contribution >= 4 is 27.8 Å². The fraction of sp³-hybridized carbons (Fsp3) is 0.529. The van der Waals surface area contributed by atoms with Crippen molar-refractivity contribution in [1.29, 1.82) is 0 Å². The topological polar surface area (TPSA) is 75.6 Å². The summed E-state index contributed by atoms with van der Waals surface area (Å²) >= 11 is 3.36. The lowest BCUT2D eigenvalue weighted by atomic mass is 9.93. The summed E-state index contributed by atoms with van der Waals surface area (Å²) in [6.07, 6.45) is 2.62. The van der Waals surface area contributed by atoms with E-state index in [1.54, 1.807) is 0 Å². The molecule has 1 aliphatic carbocycles. The van der Waals surface area contributed by atoms with Gasteiger partial charge in [0.25, 0.3) is 0 Å². The number of hydrogen-bond donors (Lipinski definition) is 2. The average Bonchev–Trinajstić information content (AvgIpc) is 3.21. The standard InChI is InChI=1S/C17H20BrNO4/c18-12-3-1-11(2-4-12)14(9-15(20)21)19-16(22)13-10-17(13)5-7-23-8-6-17/h1-4,13-14H,5-10H2,(H,19,22)(H,20,21)/t13-,14-/m0/s1. The number of hydrogen-bond acceptors (Lipinski definition) is 3. The van der Waals surface area contributed by atoms with Crippen LogP contribution in [0.5, 0.6) is 0 Å². The summed E-state index contributed by atoms with van der Waals surface area (Å²) in [7, 11) is 0. The van der Waals surface area contributed by atoms with Gasteiger partial charge in [-0.1, -0.05) is 28.1 Å². The molecule has 1 amide bonds. The summed E-state index contributed by atoms with van der Waals surface area (Å²) < 4.78 is 6.29. The molecule has 1 spiro atoms. The molecule has 2 N–H and O–H groups in total. The molecule has 1 saturated heterocycles. The van der Waals surface area contributed by atoms with E-state index in [4.69, 9.17) is 9.84 Å². The molecule has 1 aliphatic heterocycles. The van der Waals surface area contributed by atoms with Crippen LogP contribution in [-0.2, 0) is 14.3 Å². The number of carbonyl (C=O) groups is 2. The van der Waals surface area contributed by atoms with Crippen LogP contribution >= 0.6 is 15.9 Å². The van der Waals surface area contributed by atoms with Crippen molar-refractivity contribution in [3.63, 3.8) is 0 Å². The Hall–Kier alpha value is -1.40. The molecule has 1 aromatic rings. The Balaban J connectivity index is 1.67. The number of nitrogens with one attached hydrogen (secondary N) is 1. The van der Waals surface area contributed by atoms with Gasteiger partial charge < -0.3 is 15.2 Å². The van der Waals surface area contributed by atoms with Gasteiger partial charge in [0, 0.05) is 23.6 Å². The van der Waals surface area contributed by atoms with Crippen LogP contribution < -0.4 is 5.32 Å². The molecule has 2 atom stereocenters. The second-order valence-electron chi connectivity index (χ2n) is 6.44. The quantitative estimate of drug-likeness (QED) is 0.821. The fourth-order valence-corrected chi connectivity index (χ4v) is 3.71. The van der Waals surface area contributed by atoms with E-state index >= 15 is 0 Å². The Labute approximate surface area is 143 Å². The Kier molecular flexibility index (Phi) is 4.73. The molecule has 1 heterocycles. The number of benzene rings is 1. The highest BCUT2D eigenvalue weighted by molar-refractivity contribution is 9.10. The number of amides is 1. The average molecular weight is 382 g/mol. The zero-order valence-electron chi connectivity index (χ0n) is 12.8. The van der Waals surface area contributed by atoms with Crippen LogP contribution in [0.4, 0.5) is 0 Å². The smallest absolute Gasteiger partial charge is 0.305 e. The summed E-state index contributed by atoms with van der Waals surface area (Å²) in [4.78, 5) is 23.7. The van der Waals surface area contributed by atoms with Gasteiger partial charge >= 0.3 is 5.97 Å². The predicted octanol–water partition coefficient (Wildman–Crippen LogP) is 2.90. The number of aliphatic carboxylic acids is 1. The van der Waals surface area contributed by atoms with Crippen molar-refractivity contribution in [2.75, 3.05) is 13.2 Å². The van der Waals surface area contributed by atoms with Crippen LogP contribution in [0.3, 0.4) is 0 Å². The highest BCUT2D eigenvalue weighted by Crippen LogP contribution is 2.59. The van der Waals surface area contributed by atoms with Gasteiger partial charge in [0.15, 0.2) is 0 Å². The Bertz CT molecular complexity index is 595. The largest absolute Gasteiger partial charge is 0.481 e. The molecule has 23 heavy (non-hydrogen) atoms. The molecule has 124 valence electrons. The number of carboxylic acid groups (broad SMARTS) is 1. The van der Waals surface area contributed by atoms with E-state index in [9.17, 15) is 9.59 Å². The molecule has 6 heteroatoms. The van der Waals surface area contributed by atoms with Gasteiger partial charge in [-0.2, -0.15) is 0 Å².